The highest BCUT2D eigenvalue weighted by Gasteiger charge is 2.31. The van der Waals surface area contributed by atoms with Crippen LogP contribution in [-0.4, -0.2) is 47.9 Å². The summed E-state index contributed by atoms with van der Waals surface area (Å²) in [6.45, 7) is 8.03. The van der Waals surface area contributed by atoms with Gasteiger partial charge in [-0.3, -0.25) is 4.79 Å². The van der Waals surface area contributed by atoms with Crippen molar-refractivity contribution in [3.8, 4) is 11.1 Å². The molecule has 0 aromatic heterocycles. The summed E-state index contributed by atoms with van der Waals surface area (Å²) >= 11 is 0. The summed E-state index contributed by atoms with van der Waals surface area (Å²) in [7, 11) is 0. The van der Waals surface area contributed by atoms with E-state index in [0.29, 0.717) is 6.42 Å². The number of rotatable bonds is 12. The third-order valence-corrected chi connectivity index (χ3v) is 7.36. The maximum absolute atomic E-state index is 13.0. The van der Waals surface area contributed by atoms with E-state index in [2.05, 4.69) is 34.9 Å². The normalized spacial score (nSPS) is 14.7. The number of fused-ring (bicyclic) bond motifs is 3. The SMILES string of the molecule is CC(OCc1ccccc1)C(NC(=O)CC(CC(C)(C)C)NC(=O)OCC1c2ccccc2-c2ccccc21)C(=O)O. The molecule has 3 unspecified atom stereocenters. The summed E-state index contributed by atoms with van der Waals surface area (Å²) in [5, 5.41) is 15.2. The highest BCUT2D eigenvalue weighted by atomic mass is 16.5. The van der Waals surface area contributed by atoms with Gasteiger partial charge in [-0.1, -0.05) is 99.6 Å². The average molecular weight is 573 g/mol. The molecule has 3 aromatic carbocycles. The number of nitrogens with one attached hydrogen (secondary N) is 2. The zero-order valence-electron chi connectivity index (χ0n) is 24.6. The van der Waals surface area contributed by atoms with Gasteiger partial charge in [-0.2, -0.15) is 0 Å². The van der Waals surface area contributed by atoms with Crippen molar-refractivity contribution in [2.24, 2.45) is 5.41 Å². The zero-order chi connectivity index (χ0) is 30.3. The van der Waals surface area contributed by atoms with E-state index in [1.807, 2.05) is 75.4 Å². The van der Waals surface area contributed by atoms with Crippen LogP contribution in [0.15, 0.2) is 78.9 Å². The molecule has 0 saturated carbocycles. The monoisotopic (exact) mass is 572 g/mol. The number of carboxylic acid groups (broad SMARTS) is 1. The number of amides is 2. The summed E-state index contributed by atoms with van der Waals surface area (Å²) in [5.74, 6) is -1.77. The first-order valence-corrected chi connectivity index (χ1v) is 14.3. The van der Waals surface area contributed by atoms with Crippen LogP contribution < -0.4 is 10.6 Å². The predicted molar refractivity (Wildman–Crippen MR) is 161 cm³/mol. The third-order valence-electron chi connectivity index (χ3n) is 7.36. The fraction of sp³-hybridized carbons (Fsp3) is 0.382. The predicted octanol–water partition coefficient (Wildman–Crippen LogP) is 5.89. The van der Waals surface area contributed by atoms with Crippen LogP contribution in [0.5, 0.6) is 0 Å². The smallest absolute Gasteiger partial charge is 0.407 e. The standard InChI is InChI=1S/C34H40N2O6/c1-22(41-20-23-12-6-5-7-13-23)31(32(38)39)36-30(37)18-24(19-34(2,3)4)35-33(40)42-21-29-27-16-10-8-14-25(27)26-15-9-11-17-28(26)29/h5-17,22,24,29,31H,18-21H2,1-4H3,(H,35,40)(H,36,37)(H,38,39). The van der Waals surface area contributed by atoms with Gasteiger partial charge in [-0.25, -0.2) is 9.59 Å². The largest absolute Gasteiger partial charge is 0.480 e. The number of hydrogen-bond donors (Lipinski definition) is 3. The maximum atomic E-state index is 13.0. The summed E-state index contributed by atoms with van der Waals surface area (Å²) < 4.78 is 11.4. The van der Waals surface area contributed by atoms with Gasteiger partial charge in [0.15, 0.2) is 6.04 Å². The second-order valence-electron chi connectivity index (χ2n) is 12.0. The molecule has 2 amide bonds. The van der Waals surface area contributed by atoms with Crippen molar-refractivity contribution < 1.29 is 29.0 Å². The van der Waals surface area contributed by atoms with Crippen LogP contribution in [0.3, 0.4) is 0 Å². The van der Waals surface area contributed by atoms with E-state index in [9.17, 15) is 19.5 Å². The Balaban J connectivity index is 1.36. The van der Waals surface area contributed by atoms with Crippen molar-refractivity contribution >= 4 is 18.0 Å². The molecule has 0 spiro atoms. The van der Waals surface area contributed by atoms with Crippen molar-refractivity contribution in [1.82, 2.24) is 10.6 Å². The lowest BCUT2D eigenvalue weighted by Gasteiger charge is -2.28. The number of aliphatic carboxylic acids is 1. The Labute approximate surface area is 247 Å². The minimum Gasteiger partial charge on any atom is -0.480 e. The van der Waals surface area contributed by atoms with Crippen LogP contribution in [0.25, 0.3) is 11.1 Å². The van der Waals surface area contributed by atoms with Gasteiger partial charge in [0.25, 0.3) is 0 Å². The van der Waals surface area contributed by atoms with Gasteiger partial charge in [0.2, 0.25) is 5.91 Å². The van der Waals surface area contributed by atoms with Gasteiger partial charge in [0.1, 0.15) is 6.61 Å². The molecule has 8 nitrogen and oxygen atoms in total. The Morgan fingerprint density at radius 1 is 0.857 bits per heavy atom. The minimum absolute atomic E-state index is 0.0822. The lowest BCUT2D eigenvalue weighted by Crippen LogP contribution is -2.50. The molecule has 3 N–H and O–H groups in total. The Hall–Kier alpha value is -4.17. The summed E-state index contributed by atoms with van der Waals surface area (Å²) in [5.41, 5.74) is 5.19. The number of carboxylic acids is 1. The molecule has 3 aromatic rings. The topological polar surface area (TPSA) is 114 Å². The highest BCUT2D eigenvalue weighted by molar-refractivity contribution is 5.84. The number of hydrogen-bond acceptors (Lipinski definition) is 5. The van der Waals surface area contributed by atoms with Gasteiger partial charge in [0.05, 0.1) is 12.7 Å². The molecule has 1 aliphatic rings. The molecular weight excluding hydrogens is 532 g/mol. The van der Waals surface area contributed by atoms with Gasteiger partial charge >= 0.3 is 12.1 Å². The second kappa shape index (κ2) is 13.7. The fourth-order valence-corrected chi connectivity index (χ4v) is 5.45. The molecule has 0 bridgehead atoms. The molecule has 0 aliphatic heterocycles. The Kier molecular flexibility index (Phi) is 10.0. The Morgan fingerprint density at radius 2 is 1.43 bits per heavy atom. The van der Waals surface area contributed by atoms with E-state index in [4.69, 9.17) is 9.47 Å². The van der Waals surface area contributed by atoms with E-state index in [0.717, 1.165) is 27.8 Å². The van der Waals surface area contributed by atoms with Gasteiger partial charge in [-0.05, 0) is 46.6 Å². The maximum Gasteiger partial charge on any atom is 0.407 e. The molecule has 8 heteroatoms. The first-order valence-electron chi connectivity index (χ1n) is 14.3. The highest BCUT2D eigenvalue weighted by Crippen LogP contribution is 2.44. The van der Waals surface area contributed by atoms with E-state index < -0.39 is 36.2 Å². The van der Waals surface area contributed by atoms with Crippen molar-refractivity contribution in [1.29, 1.82) is 0 Å². The molecular formula is C34H40N2O6. The quantitative estimate of drug-likeness (QED) is 0.249. The number of carbonyl (C=O) groups is 3. The van der Waals surface area contributed by atoms with Crippen molar-refractivity contribution in [2.75, 3.05) is 6.61 Å². The van der Waals surface area contributed by atoms with Gasteiger partial charge < -0.3 is 25.2 Å². The average Bonchev–Trinajstić information content (AvgIpc) is 3.26. The molecule has 0 fully saturated rings. The number of alkyl carbamates (subject to hydrolysis) is 1. The molecule has 1 aliphatic carbocycles. The number of carbonyl (C=O) groups excluding carboxylic acids is 2. The molecule has 4 rings (SSSR count). The van der Waals surface area contributed by atoms with Crippen LogP contribution >= 0.6 is 0 Å². The van der Waals surface area contributed by atoms with Crippen molar-refractivity contribution in [3.05, 3.63) is 95.6 Å². The molecule has 222 valence electrons. The zero-order valence-corrected chi connectivity index (χ0v) is 24.6. The summed E-state index contributed by atoms with van der Waals surface area (Å²) in [6, 6.07) is 23.8. The van der Waals surface area contributed by atoms with Gasteiger partial charge in [-0.15, -0.1) is 0 Å². The van der Waals surface area contributed by atoms with Crippen LogP contribution in [0, 0.1) is 5.41 Å². The van der Waals surface area contributed by atoms with Gasteiger partial charge in [0, 0.05) is 18.4 Å². The van der Waals surface area contributed by atoms with E-state index in [1.165, 1.54) is 0 Å². The number of benzene rings is 3. The minimum atomic E-state index is -1.24. The van der Waals surface area contributed by atoms with Crippen molar-refractivity contribution in [2.45, 2.75) is 71.2 Å². The summed E-state index contributed by atoms with van der Waals surface area (Å²) in [4.78, 5) is 38.0. The van der Waals surface area contributed by atoms with E-state index in [-0.39, 0.29) is 31.0 Å². The lowest BCUT2D eigenvalue weighted by molar-refractivity contribution is -0.146. The van der Waals surface area contributed by atoms with Crippen LogP contribution in [0.4, 0.5) is 4.79 Å². The first kappa shape index (κ1) is 30.8. The molecule has 0 radical (unpaired) electrons. The van der Waals surface area contributed by atoms with Crippen LogP contribution in [0.1, 0.15) is 63.1 Å². The van der Waals surface area contributed by atoms with E-state index in [1.54, 1.807) is 6.92 Å². The second-order valence-corrected chi connectivity index (χ2v) is 12.0. The molecule has 0 saturated heterocycles. The Morgan fingerprint density at radius 3 is 2.00 bits per heavy atom. The fourth-order valence-electron chi connectivity index (χ4n) is 5.45. The van der Waals surface area contributed by atoms with E-state index >= 15 is 0 Å². The first-order chi connectivity index (χ1) is 20.0. The summed E-state index contributed by atoms with van der Waals surface area (Å²) in [6.07, 6.45) is -1.00. The van der Waals surface area contributed by atoms with Crippen LogP contribution in [-0.2, 0) is 25.7 Å². The van der Waals surface area contributed by atoms with Crippen molar-refractivity contribution in [3.63, 3.8) is 0 Å². The Bertz CT molecular complexity index is 1340. The molecule has 42 heavy (non-hydrogen) atoms. The number of ether oxygens (including phenoxy) is 2. The molecule has 3 atom stereocenters. The molecule has 0 heterocycles. The lowest BCUT2D eigenvalue weighted by atomic mass is 9.87. The third kappa shape index (κ3) is 8.19. The van der Waals surface area contributed by atoms with Crippen LogP contribution in [0.2, 0.25) is 0 Å².